The highest BCUT2D eigenvalue weighted by Crippen LogP contribution is 2.43. The molecule has 6 N–H and O–H groups in total. The van der Waals surface area contributed by atoms with Crippen molar-refractivity contribution in [1.82, 2.24) is 10.2 Å². The molecule has 1 fully saturated rings. The predicted molar refractivity (Wildman–Crippen MR) is 122 cm³/mol. The zero-order valence-corrected chi connectivity index (χ0v) is 18.9. The molecule has 0 amide bonds. The highest BCUT2D eigenvalue weighted by atomic mass is 31.2. The molecular formula is C21H32N4O2P2. The van der Waals surface area contributed by atoms with Crippen molar-refractivity contribution in [2.75, 3.05) is 6.54 Å². The van der Waals surface area contributed by atoms with Gasteiger partial charge < -0.3 is 0 Å². The van der Waals surface area contributed by atoms with E-state index in [9.17, 15) is 9.13 Å². The van der Waals surface area contributed by atoms with E-state index in [0.29, 0.717) is 6.54 Å². The fourth-order valence-electron chi connectivity index (χ4n) is 4.51. The summed E-state index contributed by atoms with van der Waals surface area (Å²) in [5.74, 6) is 0.267. The summed E-state index contributed by atoms with van der Waals surface area (Å²) in [6.45, 7) is 4.99. The molecule has 1 aliphatic rings. The molecule has 2 aromatic rings. The molecule has 0 aliphatic heterocycles. The van der Waals surface area contributed by atoms with Crippen LogP contribution >= 0.6 is 14.9 Å². The second-order valence-corrected chi connectivity index (χ2v) is 13.1. The summed E-state index contributed by atoms with van der Waals surface area (Å²) in [6.07, 6.45) is 2.64. The monoisotopic (exact) mass is 434 g/mol. The van der Waals surface area contributed by atoms with Crippen LogP contribution in [0.2, 0.25) is 0 Å². The van der Waals surface area contributed by atoms with Crippen LogP contribution in [-0.4, -0.2) is 12.6 Å². The van der Waals surface area contributed by atoms with Crippen LogP contribution in [0, 0.1) is 11.3 Å². The first-order valence-corrected chi connectivity index (χ1v) is 13.5. The first-order chi connectivity index (χ1) is 13.6. The molecule has 3 rings (SSSR count). The van der Waals surface area contributed by atoms with Crippen LogP contribution in [0.3, 0.4) is 0 Å². The van der Waals surface area contributed by atoms with E-state index in [-0.39, 0.29) is 17.4 Å². The molecule has 2 aromatic carbocycles. The first kappa shape index (κ1) is 22.4. The van der Waals surface area contributed by atoms with Crippen LogP contribution in [0.5, 0.6) is 0 Å². The van der Waals surface area contributed by atoms with E-state index in [1.165, 1.54) is 0 Å². The zero-order chi connectivity index (χ0) is 21.1. The molecule has 1 saturated carbocycles. The Hall–Kier alpha value is -1.26. The summed E-state index contributed by atoms with van der Waals surface area (Å²) in [5.41, 5.74) is 11.2. The van der Waals surface area contributed by atoms with Crippen molar-refractivity contribution in [3.8, 4) is 0 Å². The number of nitrogens with two attached hydrogens (primary N) is 2. The lowest BCUT2D eigenvalue weighted by molar-refractivity contribution is 0.154. The van der Waals surface area contributed by atoms with Crippen molar-refractivity contribution in [2.45, 2.75) is 39.2 Å². The fourth-order valence-corrected chi connectivity index (χ4v) is 7.64. The van der Waals surface area contributed by atoms with Gasteiger partial charge in [0.2, 0.25) is 7.29 Å². The van der Waals surface area contributed by atoms with Crippen molar-refractivity contribution in [1.29, 1.82) is 0 Å². The normalized spacial score (nSPS) is 22.3. The lowest BCUT2D eigenvalue weighted by Crippen LogP contribution is -2.44. The van der Waals surface area contributed by atoms with Crippen molar-refractivity contribution < 1.29 is 9.13 Å². The smallest absolute Gasteiger partial charge is 0.274 e. The number of benzene rings is 2. The minimum atomic E-state index is -3.29. The molecule has 0 heterocycles. The summed E-state index contributed by atoms with van der Waals surface area (Å²) in [5, 5.41) is 7.93. The topological polar surface area (TPSA) is 110 Å². The van der Waals surface area contributed by atoms with Gasteiger partial charge in [0.15, 0.2) is 0 Å². The molecule has 29 heavy (non-hydrogen) atoms. The second-order valence-electron chi connectivity index (χ2n) is 8.85. The van der Waals surface area contributed by atoms with Crippen LogP contribution in [0.4, 0.5) is 0 Å². The lowest BCUT2D eigenvalue weighted by Gasteiger charge is -2.41. The molecule has 2 unspecified atom stereocenters. The Labute approximate surface area is 173 Å². The maximum absolute atomic E-state index is 14.1. The summed E-state index contributed by atoms with van der Waals surface area (Å²) < 4.78 is 26.0. The molecule has 0 radical (unpaired) electrons. The fraction of sp³-hybridized carbons (Fsp3) is 0.429. The van der Waals surface area contributed by atoms with E-state index in [1.54, 1.807) is 0 Å². The Kier molecular flexibility index (Phi) is 6.84. The van der Waals surface area contributed by atoms with Gasteiger partial charge in [-0.25, -0.2) is 5.09 Å². The minimum Gasteiger partial charge on any atom is -0.297 e. The molecule has 0 bridgehead atoms. The third-order valence-electron chi connectivity index (χ3n) is 5.48. The molecule has 0 spiro atoms. The van der Waals surface area contributed by atoms with Gasteiger partial charge in [-0.2, -0.15) is 0 Å². The number of hydrogen-bond donors (Lipinski definition) is 4. The van der Waals surface area contributed by atoms with Gasteiger partial charge in [0.1, 0.15) is 0 Å². The van der Waals surface area contributed by atoms with E-state index in [1.807, 2.05) is 60.7 Å². The van der Waals surface area contributed by atoms with Gasteiger partial charge in [0, 0.05) is 23.2 Å². The van der Waals surface area contributed by atoms with Gasteiger partial charge in [-0.05, 0) is 54.9 Å². The van der Waals surface area contributed by atoms with E-state index < -0.39 is 14.9 Å². The maximum atomic E-state index is 14.1. The number of hydrogen-bond acceptors (Lipinski definition) is 2. The average Bonchev–Trinajstić information content (AvgIpc) is 2.65. The van der Waals surface area contributed by atoms with E-state index in [4.69, 9.17) is 11.0 Å². The Morgan fingerprint density at radius 2 is 1.45 bits per heavy atom. The third kappa shape index (κ3) is 6.11. The molecule has 2 atom stereocenters. The van der Waals surface area contributed by atoms with Gasteiger partial charge >= 0.3 is 0 Å². The summed E-state index contributed by atoms with van der Waals surface area (Å²) >= 11 is 0. The quantitative estimate of drug-likeness (QED) is 0.498. The van der Waals surface area contributed by atoms with Crippen LogP contribution < -0.4 is 31.8 Å². The highest BCUT2D eigenvalue weighted by Gasteiger charge is 2.37. The van der Waals surface area contributed by atoms with Crippen molar-refractivity contribution in [3.05, 3.63) is 60.7 Å². The van der Waals surface area contributed by atoms with Crippen LogP contribution in [-0.2, 0) is 9.13 Å². The van der Waals surface area contributed by atoms with Crippen molar-refractivity contribution in [3.63, 3.8) is 0 Å². The SMILES string of the molecule is CC1(C)CC(CNP(=O)(c2ccccc2)c2ccccc2)CC(NP(N)(N)=O)C1. The van der Waals surface area contributed by atoms with Crippen LogP contribution in [0.15, 0.2) is 60.7 Å². The molecule has 0 saturated heterocycles. The van der Waals surface area contributed by atoms with Gasteiger partial charge in [-0.15, -0.1) is 0 Å². The Morgan fingerprint density at radius 1 is 0.931 bits per heavy atom. The first-order valence-electron chi connectivity index (χ1n) is 9.99. The summed E-state index contributed by atoms with van der Waals surface area (Å²) in [6, 6.07) is 19.1. The Morgan fingerprint density at radius 3 is 1.93 bits per heavy atom. The molecular weight excluding hydrogens is 402 g/mol. The van der Waals surface area contributed by atoms with E-state index in [2.05, 4.69) is 24.0 Å². The summed E-state index contributed by atoms with van der Waals surface area (Å²) in [7, 11) is -6.26. The molecule has 158 valence electrons. The van der Waals surface area contributed by atoms with Gasteiger partial charge in [-0.3, -0.25) is 25.2 Å². The van der Waals surface area contributed by atoms with Gasteiger partial charge in [0.05, 0.1) is 0 Å². The zero-order valence-electron chi connectivity index (χ0n) is 17.1. The molecule has 1 aliphatic carbocycles. The number of nitrogens with one attached hydrogen (secondary N) is 2. The molecule has 8 heteroatoms. The number of rotatable bonds is 7. The Bertz CT molecular complexity index is 856. The minimum absolute atomic E-state index is 0.0146. The van der Waals surface area contributed by atoms with Gasteiger partial charge in [0.25, 0.3) is 7.59 Å². The van der Waals surface area contributed by atoms with E-state index >= 15 is 0 Å². The lowest BCUT2D eigenvalue weighted by atomic mass is 9.70. The maximum Gasteiger partial charge on any atom is 0.274 e. The largest absolute Gasteiger partial charge is 0.297 e. The van der Waals surface area contributed by atoms with Crippen LogP contribution in [0.25, 0.3) is 0 Å². The predicted octanol–water partition coefficient (Wildman–Crippen LogP) is 3.32. The van der Waals surface area contributed by atoms with Gasteiger partial charge in [-0.1, -0.05) is 50.2 Å². The highest BCUT2D eigenvalue weighted by molar-refractivity contribution is 7.76. The van der Waals surface area contributed by atoms with Crippen molar-refractivity contribution in [2.24, 2.45) is 22.3 Å². The van der Waals surface area contributed by atoms with Crippen molar-refractivity contribution >= 4 is 25.5 Å². The van der Waals surface area contributed by atoms with Crippen LogP contribution in [0.1, 0.15) is 33.1 Å². The molecule has 6 nitrogen and oxygen atoms in total. The Balaban J connectivity index is 1.80. The van der Waals surface area contributed by atoms with E-state index in [0.717, 1.165) is 29.9 Å². The third-order valence-corrected chi connectivity index (χ3v) is 8.93. The molecule has 0 aromatic heterocycles. The standard InChI is InChI=1S/C21H32N4O2P2/c1-21(2)14-17(13-18(15-21)25-29(22,23)27)16-24-28(26,19-9-5-3-6-10-19)20-11-7-4-8-12-20/h3-12,17-18H,13-16H2,1-2H3,(H,24,26)(H5,22,23,25,27). The second kappa shape index (κ2) is 8.85. The summed E-state index contributed by atoms with van der Waals surface area (Å²) in [4.78, 5) is 0. The average molecular weight is 434 g/mol.